The number of hydrogen-bond donors (Lipinski definition) is 2. The quantitative estimate of drug-likeness (QED) is 0.592. The number of aromatic nitrogens is 2. The second kappa shape index (κ2) is 6.90. The lowest BCUT2D eigenvalue weighted by molar-refractivity contribution is 0.233. The molecule has 0 amide bonds. The Kier molecular flexibility index (Phi) is 4.94. The Balaban J connectivity index is 1.74. The van der Waals surface area contributed by atoms with Gasteiger partial charge in [0.2, 0.25) is 0 Å². The molecule has 1 aromatic heterocycles. The maximum atomic E-state index is 7.33. The molecule has 3 N–H and O–H groups in total. The van der Waals surface area contributed by atoms with Crippen LogP contribution in [-0.4, -0.2) is 40.7 Å². The summed E-state index contributed by atoms with van der Waals surface area (Å²) >= 11 is 0. The van der Waals surface area contributed by atoms with Gasteiger partial charge in [0, 0.05) is 37.5 Å². The average Bonchev–Trinajstić information content (AvgIpc) is 2.84. The van der Waals surface area contributed by atoms with Crippen LogP contribution < -0.4 is 10.5 Å². The maximum absolute atomic E-state index is 7.33. The minimum atomic E-state index is 0.0674. The van der Waals surface area contributed by atoms with Gasteiger partial charge < -0.3 is 10.5 Å². The summed E-state index contributed by atoms with van der Waals surface area (Å²) in [6.45, 7) is 2.28. The van der Waals surface area contributed by atoms with Crippen LogP contribution in [0.15, 0.2) is 36.7 Å². The minimum absolute atomic E-state index is 0.0674. The zero-order chi connectivity index (χ0) is 15.2. The highest BCUT2D eigenvalue weighted by Crippen LogP contribution is 2.11. The fourth-order valence-corrected chi connectivity index (χ4v) is 1.99. The van der Waals surface area contributed by atoms with Gasteiger partial charge in [-0.3, -0.25) is 15.0 Å². The highest BCUT2D eigenvalue weighted by molar-refractivity contribution is 5.94. The molecule has 6 heteroatoms. The molecule has 112 valence electrons. The number of likely N-dealkylation sites (N-methyl/N-ethyl adjacent to an activating group) is 1. The van der Waals surface area contributed by atoms with E-state index in [9.17, 15) is 0 Å². The van der Waals surface area contributed by atoms with E-state index in [-0.39, 0.29) is 5.84 Å². The molecule has 0 bridgehead atoms. The summed E-state index contributed by atoms with van der Waals surface area (Å²) in [4.78, 5) is 2.18. The van der Waals surface area contributed by atoms with Crippen LogP contribution in [0.2, 0.25) is 0 Å². The number of nitrogen functional groups attached to an aromatic ring is 1. The van der Waals surface area contributed by atoms with E-state index in [0.29, 0.717) is 12.2 Å². The number of benzene rings is 1. The van der Waals surface area contributed by atoms with Crippen molar-refractivity contribution in [1.29, 1.82) is 5.41 Å². The number of nitrogens with one attached hydrogen (secondary N) is 1. The fraction of sp³-hybridized carbons (Fsp3) is 0.333. The van der Waals surface area contributed by atoms with Gasteiger partial charge in [-0.15, -0.1) is 0 Å². The summed E-state index contributed by atoms with van der Waals surface area (Å²) in [5.74, 6) is 0.854. The summed E-state index contributed by atoms with van der Waals surface area (Å²) < 4.78 is 7.48. The van der Waals surface area contributed by atoms with Crippen LogP contribution in [0.3, 0.4) is 0 Å². The predicted molar refractivity (Wildman–Crippen MR) is 82.5 cm³/mol. The van der Waals surface area contributed by atoms with E-state index >= 15 is 0 Å². The second-order valence-corrected chi connectivity index (χ2v) is 5.05. The second-order valence-electron chi connectivity index (χ2n) is 5.05. The lowest BCUT2D eigenvalue weighted by atomic mass is 10.2. The van der Waals surface area contributed by atoms with Crippen LogP contribution in [0.1, 0.15) is 11.1 Å². The van der Waals surface area contributed by atoms with E-state index in [2.05, 4.69) is 17.0 Å². The van der Waals surface area contributed by atoms with Gasteiger partial charge in [0.1, 0.15) is 18.2 Å². The molecule has 6 nitrogen and oxygen atoms in total. The molecular formula is C15H21N5O. The van der Waals surface area contributed by atoms with Gasteiger partial charge in [-0.25, -0.2) is 0 Å². The van der Waals surface area contributed by atoms with Crippen molar-refractivity contribution < 1.29 is 4.74 Å². The fourth-order valence-electron chi connectivity index (χ4n) is 1.99. The first-order chi connectivity index (χ1) is 10.0. The molecular weight excluding hydrogens is 266 g/mol. The van der Waals surface area contributed by atoms with Crippen molar-refractivity contribution in [3.05, 3.63) is 47.8 Å². The molecule has 0 saturated carbocycles. The summed E-state index contributed by atoms with van der Waals surface area (Å²) in [6, 6.07) is 7.24. The van der Waals surface area contributed by atoms with Crippen LogP contribution >= 0.6 is 0 Å². The number of nitrogens with zero attached hydrogens (tertiary/aromatic N) is 3. The van der Waals surface area contributed by atoms with Crippen molar-refractivity contribution in [2.24, 2.45) is 12.8 Å². The van der Waals surface area contributed by atoms with Gasteiger partial charge in [0.15, 0.2) is 0 Å². The largest absolute Gasteiger partial charge is 0.492 e. The van der Waals surface area contributed by atoms with E-state index in [1.54, 1.807) is 16.8 Å². The Bertz CT molecular complexity index is 590. The predicted octanol–water partition coefficient (Wildman–Crippen LogP) is 1.21. The Morgan fingerprint density at radius 1 is 1.38 bits per heavy atom. The normalized spacial score (nSPS) is 10.8. The number of nitrogens with two attached hydrogens (primary N) is 1. The molecule has 0 spiro atoms. The maximum Gasteiger partial charge on any atom is 0.122 e. The number of ether oxygens (including phenoxy) is 1. The molecule has 0 atom stereocenters. The van der Waals surface area contributed by atoms with Crippen molar-refractivity contribution >= 4 is 5.84 Å². The average molecular weight is 287 g/mol. The van der Waals surface area contributed by atoms with Gasteiger partial charge in [-0.05, 0) is 31.3 Å². The number of hydrogen-bond acceptors (Lipinski definition) is 4. The number of rotatable bonds is 7. The van der Waals surface area contributed by atoms with Crippen molar-refractivity contribution in [2.45, 2.75) is 6.54 Å². The first-order valence-corrected chi connectivity index (χ1v) is 6.78. The summed E-state index contributed by atoms with van der Waals surface area (Å²) in [5, 5.41) is 11.5. The van der Waals surface area contributed by atoms with Crippen LogP contribution in [-0.2, 0) is 13.6 Å². The van der Waals surface area contributed by atoms with Crippen molar-refractivity contribution in [3.63, 3.8) is 0 Å². The topological polar surface area (TPSA) is 80.2 Å². The zero-order valence-corrected chi connectivity index (χ0v) is 12.4. The van der Waals surface area contributed by atoms with E-state index in [4.69, 9.17) is 15.9 Å². The number of aryl methyl sites for hydroxylation is 1. The molecule has 2 aromatic rings. The molecule has 0 aliphatic heterocycles. The Morgan fingerprint density at radius 3 is 2.67 bits per heavy atom. The van der Waals surface area contributed by atoms with Crippen molar-refractivity contribution in [1.82, 2.24) is 14.7 Å². The summed E-state index contributed by atoms with van der Waals surface area (Å²) in [6.07, 6.45) is 3.88. The minimum Gasteiger partial charge on any atom is -0.492 e. The third-order valence-corrected chi connectivity index (χ3v) is 3.12. The molecule has 0 radical (unpaired) electrons. The van der Waals surface area contributed by atoms with Crippen LogP contribution in [0.5, 0.6) is 5.75 Å². The zero-order valence-electron chi connectivity index (χ0n) is 12.4. The van der Waals surface area contributed by atoms with Crippen LogP contribution in [0, 0.1) is 5.41 Å². The smallest absolute Gasteiger partial charge is 0.122 e. The van der Waals surface area contributed by atoms with Crippen LogP contribution in [0.4, 0.5) is 0 Å². The molecule has 0 fully saturated rings. The van der Waals surface area contributed by atoms with E-state index < -0.39 is 0 Å². The van der Waals surface area contributed by atoms with Gasteiger partial charge in [-0.1, -0.05) is 0 Å². The summed E-state index contributed by atoms with van der Waals surface area (Å²) in [7, 11) is 3.96. The first kappa shape index (κ1) is 15.1. The molecule has 0 aliphatic rings. The Labute approximate surface area is 124 Å². The molecule has 2 rings (SSSR count). The molecule has 1 aromatic carbocycles. The Hall–Kier alpha value is -2.34. The first-order valence-electron chi connectivity index (χ1n) is 6.78. The lowest BCUT2D eigenvalue weighted by Gasteiger charge is -2.16. The molecule has 21 heavy (non-hydrogen) atoms. The van der Waals surface area contributed by atoms with E-state index in [1.807, 2.05) is 31.6 Å². The van der Waals surface area contributed by atoms with Gasteiger partial charge >= 0.3 is 0 Å². The highest BCUT2D eigenvalue weighted by atomic mass is 16.5. The molecule has 0 unspecified atom stereocenters. The van der Waals surface area contributed by atoms with Gasteiger partial charge in [0.05, 0.1) is 6.20 Å². The summed E-state index contributed by atoms with van der Waals surface area (Å²) in [5.41, 5.74) is 7.30. The Morgan fingerprint density at radius 2 is 2.10 bits per heavy atom. The van der Waals surface area contributed by atoms with Crippen molar-refractivity contribution in [2.75, 3.05) is 20.2 Å². The van der Waals surface area contributed by atoms with Crippen LogP contribution in [0.25, 0.3) is 0 Å². The monoisotopic (exact) mass is 287 g/mol. The molecule has 0 saturated heterocycles. The molecule has 1 heterocycles. The lowest BCUT2D eigenvalue weighted by Crippen LogP contribution is -2.23. The molecule has 0 aliphatic carbocycles. The third kappa shape index (κ3) is 4.61. The van der Waals surface area contributed by atoms with Gasteiger partial charge in [0.25, 0.3) is 0 Å². The number of amidine groups is 1. The standard InChI is InChI=1S/C15H21N5O/c1-19(10-12-9-18-20(2)11-12)7-8-21-14-5-3-13(4-6-14)15(16)17/h3-6,9,11H,7-8,10H2,1-2H3,(H3,16,17). The van der Waals surface area contributed by atoms with Crippen molar-refractivity contribution in [3.8, 4) is 5.75 Å². The SMILES string of the molecule is CN(CCOc1ccc(C(=N)N)cc1)Cc1cnn(C)c1. The highest BCUT2D eigenvalue weighted by Gasteiger charge is 2.03. The van der Waals surface area contributed by atoms with Gasteiger partial charge in [-0.2, -0.15) is 5.10 Å². The van der Waals surface area contributed by atoms with E-state index in [0.717, 1.165) is 18.8 Å². The van der Waals surface area contributed by atoms with E-state index in [1.165, 1.54) is 5.56 Å². The third-order valence-electron chi connectivity index (χ3n) is 3.12.